The Morgan fingerprint density at radius 3 is 1.94 bits per heavy atom. The third kappa shape index (κ3) is 7.58. The summed E-state index contributed by atoms with van der Waals surface area (Å²) in [6, 6.07) is 7.59. The molecule has 0 saturated heterocycles. The molecule has 0 aliphatic heterocycles. The van der Waals surface area contributed by atoms with Crippen LogP contribution < -0.4 is 29.4 Å². The molecule has 180 valence electrons. The van der Waals surface area contributed by atoms with E-state index in [9.17, 15) is 9.59 Å². The van der Waals surface area contributed by atoms with Crippen LogP contribution in [0.1, 0.15) is 24.0 Å². The molecule has 0 spiro atoms. The van der Waals surface area contributed by atoms with Crippen molar-refractivity contribution >= 4 is 36.5 Å². The van der Waals surface area contributed by atoms with Gasteiger partial charge in [0.15, 0.2) is 23.0 Å². The number of carboxylic acids is 1. The van der Waals surface area contributed by atoms with Gasteiger partial charge in [0, 0.05) is 6.42 Å². The number of halogens is 1. The van der Waals surface area contributed by atoms with Gasteiger partial charge in [-0.15, -0.1) is 12.4 Å². The maximum absolute atomic E-state index is 12.2. The van der Waals surface area contributed by atoms with Crippen molar-refractivity contribution in [3.63, 3.8) is 0 Å². The van der Waals surface area contributed by atoms with Crippen LogP contribution in [0.2, 0.25) is 0 Å². The molecule has 0 aliphatic carbocycles. The molecule has 0 bridgehead atoms. The SMILES string of the molecule is COc1ccc(/C=C/c2cc(OC)c(OC)c(OC)c2)cc1OC(=O)C(N)CCC(=O)O.Cl. The van der Waals surface area contributed by atoms with Crippen molar-refractivity contribution in [2.24, 2.45) is 5.73 Å². The zero-order chi connectivity index (χ0) is 23.7. The monoisotopic (exact) mass is 481 g/mol. The molecule has 0 saturated carbocycles. The molecule has 0 heterocycles. The van der Waals surface area contributed by atoms with Crippen LogP contribution in [0.25, 0.3) is 12.2 Å². The van der Waals surface area contributed by atoms with E-state index in [1.54, 1.807) is 30.3 Å². The van der Waals surface area contributed by atoms with Gasteiger partial charge in [0.1, 0.15) is 6.04 Å². The van der Waals surface area contributed by atoms with Gasteiger partial charge in [-0.25, -0.2) is 4.79 Å². The second kappa shape index (κ2) is 13.2. The third-order valence-electron chi connectivity index (χ3n) is 4.53. The summed E-state index contributed by atoms with van der Waals surface area (Å²) in [6.45, 7) is 0. The Labute approximate surface area is 198 Å². The Kier molecular flexibility index (Phi) is 11.0. The number of aliphatic carboxylic acids is 1. The molecule has 0 aromatic heterocycles. The van der Waals surface area contributed by atoms with E-state index in [0.29, 0.717) is 23.0 Å². The zero-order valence-electron chi connectivity index (χ0n) is 18.8. The van der Waals surface area contributed by atoms with Crippen molar-refractivity contribution in [2.75, 3.05) is 28.4 Å². The van der Waals surface area contributed by atoms with Crippen LogP contribution in [0.5, 0.6) is 28.7 Å². The molecule has 10 heteroatoms. The molecule has 1 unspecified atom stereocenters. The highest BCUT2D eigenvalue weighted by atomic mass is 35.5. The highest BCUT2D eigenvalue weighted by Crippen LogP contribution is 2.38. The van der Waals surface area contributed by atoms with E-state index in [1.165, 1.54) is 28.4 Å². The summed E-state index contributed by atoms with van der Waals surface area (Å²) in [5.74, 6) is 0.270. The molecule has 33 heavy (non-hydrogen) atoms. The van der Waals surface area contributed by atoms with Crippen molar-refractivity contribution in [2.45, 2.75) is 18.9 Å². The second-order valence-electron chi connectivity index (χ2n) is 6.66. The standard InChI is InChI=1S/C23H27NO8.ClH/c1-28-17-9-7-14(11-18(17)32-23(27)16(24)8-10-21(25)26)5-6-15-12-19(29-2)22(31-4)20(13-15)30-3;/h5-7,9,11-13,16H,8,10,24H2,1-4H3,(H,25,26);1H/b6-5+;. The van der Waals surface area contributed by atoms with E-state index in [4.69, 9.17) is 34.5 Å². The van der Waals surface area contributed by atoms with Crippen LogP contribution in [-0.2, 0) is 9.59 Å². The van der Waals surface area contributed by atoms with Gasteiger partial charge < -0.3 is 34.5 Å². The van der Waals surface area contributed by atoms with Gasteiger partial charge in [-0.1, -0.05) is 18.2 Å². The minimum Gasteiger partial charge on any atom is -0.493 e. The summed E-state index contributed by atoms with van der Waals surface area (Å²) >= 11 is 0. The van der Waals surface area contributed by atoms with Crippen LogP contribution in [0.4, 0.5) is 0 Å². The molecule has 3 N–H and O–H groups in total. The molecule has 0 fully saturated rings. The molecule has 2 aromatic carbocycles. The first-order chi connectivity index (χ1) is 15.3. The number of nitrogens with two attached hydrogens (primary N) is 1. The lowest BCUT2D eigenvalue weighted by Gasteiger charge is -2.13. The van der Waals surface area contributed by atoms with E-state index < -0.39 is 18.0 Å². The maximum Gasteiger partial charge on any atom is 0.328 e. The van der Waals surface area contributed by atoms with Crippen LogP contribution in [-0.4, -0.2) is 51.5 Å². The molecule has 1 atom stereocenters. The number of esters is 1. The quantitative estimate of drug-likeness (QED) is 0.282. The lowest BCUT2D eigenvalue weighted by Crippen LogP contribution is -2.34. The number of hydrogen-bond acceptors (Lipinski definition) is 8. The number of ether oxygens (including phenoxy) is 5. The van der Waals surface area contributed by atoms with E-state index in [-0.39, 0.29) is 31.0 Å². The molecule has 2 aromatic rings. The van der Waals surface area contributed by atoms with Crippen LogP contribution in [0.3, 0.4) is 0 Å². The van der Waals surface area contributed by atoms with Crippen LogP contribution >= 0.6 is 12.4 Å². The van der Waals surface area contributed by atoms with Crippen LogP contribution in [0, 0.1) is 0 Å². The number of rotatable bonds is 11. The number of carboxylic acid groups (broad SMARTS) is 1. The Bertz CT molecular complexity index is 967. The third-order valence-corrected chi connectivity index (χ3v) is 4.53. The minimum absolute atomic E-state index is 0. The fourth-order valence-corrected chi connectivity index (χ4v) is 2.85. The van der Waals surface area contributed by atoms with Gasteiger partial charge in [-0.2, -0.15) is 0 Å². The maximum atomic E-state index is 12.2. The van der Waals surface area contributed by atoms with Gasteiger partial charge in [-0.3, -0.25) is 4.79 Å². The molecule has 0 radical (unpaired) electrons. The summed E-state index contributed by atoms with van der Waals surface area (Å²) in [5, 5.41) is 8.74. The molecule has 0 amide bonds. The van der Waals surface area contributed by atoms with Crippen molar-refractivity contribution in [1.82, 2.24) is 0 Å². The lowest BCUT2D eigenvalue weighted by atomic mass is 10.1. The highest BCUT2D eigenvalue weighted by Gasteiger charge is 2.19. The number of benzene rings is 2. The fourth-order valence-electron chi connectivity index (χ4n) is 2.85. The van der Waals surface area contributed by atoms with Gasteiger partial charge in [-0.05, 0) is 41.8 Å². The minimum atomic E-state index is -1.06. The topological polar surface area (TPSA) is 127 Å². The van der Waals surface area contributed by atoms with Crippen molar-refractivity contribution < 1.29 is 38.4 Å². The first kappa shape index (κ1) is 27.6. The Morgan fingerprint density at radius 1 is 0.879 bits per heavy atom. The van der Waals surface area contributed by atoms with Gasteiger partial charge in [0.05, 0.1) is 28.4 Å². The average molecular weight is 482 g/mol. The smallest absolute Gasteiger partial charge is 0.328 e. The summed E-state index contributed by atoms with van der Waals surface area (Å²) in [4.78, 5) is 22.9. The Hall–Kier alpha value is -3.43. The van der Waals surface area contributed by atoms with E-state index in [1.807, 2.05) is 12.2 Å². The van der Waals surface area contributed by atoms with Gasteiger partial charge in [0.2, 0.25) is 5.75 Å². The number of hydrogen-bond donors (Lipinski definition) is 2. The van der Waals surface area contributed by atoms with E-state index in [0.717, 1.165) is 11.1 Å². The second-order valence-corrected chi connectivity index (χ2v) is 6.66. The number of methoxy groups -OCH3 is 4. The predicted molar refractivity (Wildman–Crippen MR) is 126 cm³/mol. The number of carbonyl (C=O) groups is 2. The normalized spacial score (nSPS) is 11.3. The highest BCUT2D eigenvalue weighted by molar-refractivity contribution is 5.85. The molecular weight excluding hydrogens is 454 g/mol. The van der Waals surface area contributed by atoms with Gasteiger partial charge >= 0.3 is 11.9 Å². The molecule has 9 nitrogen and oxygen atoms in total. The first-order valence-electron chi connectivity index (χ1n) is 9.68. The summed E-state index contributed by atoms with van der Waals surface area (Å²) in [6.07, 6.45) is 3.38. The summed E-state index contributed by atoms with van der Waals surface area (Å²) in [7, 11) is 6.05. The largest absolute Gasteiger partial charge is 0.493 e. The summed E-state index contributed by atoms with van der Waals surface area (Å²) in [5.41, 5.74) is 7.25. The van der Waals surface area contributed by atoms with Gasteiger partial charge in [0.25, 0.3) is 0 Å². The van der Waals surface area contributed by atoms with Crippen molar-refractivity contribution in [3.05, 3.63) is 41.5 Å². The number of carbonyl (C=O) groups excluding carboxylic acids is 1. The summed E-state index contributed by atoms with van der Waals surface area (Å²) < 4.78 is 26.6. The Balaban J connectivity index is 0.00000544. The fraction of sp³-hybridized carbons (Fsp3) is 0.304. The Morgan fingerprint density at radius 2 is 1.42 bits per heavy atom. The van der Waals surface area contributed by atoms with E-state index >= 15 is 0 Å². The van der Waals surface area contributed by atoms with Crippen molar-refractivity contribution in [1.29, 1.82) is 0 Å². The molecule has 0 aliphatic rings. The van der Waals surface area contributed by atoms with Crippen LogP contribution in [0.15, 0.2) is 30.3 Å². The predicted octanol–water partition coefficient (Wildman–Crippen LogP) is 3.41. The lowest BCUT2D eigenvalue weighted by molar-refractivity contribution is -0.138. The van der Waals surface area contributed by atoms with Crippen molar-refractivity contribution in [3.8, 4) is 28.7 Å². The molecular formula is C23H28ClNO8. The first-order valence-corrected chi connectivity index (χ1v) is 9.68. The van der Waals surface area contributed by atoms with E-state index in [2.05, 4.69) is 0 Å². The average Bonchev–Trinajstić information content (AvgIpc) is 2.80. The molecule has 2 rings (SSSR count). The zero-order valence-corrected chi connectivity index (χ0v) is 19.6.